The third kappa shape index (κ3) is 6.03. The quantitative estimate of drug-likeness (QED) is 0.227. The first-order valence-electron chi connectivity index (χ1n) is 13.1. The number of unbranched alkanes of at least 4 members (excludes halogenated alkanes) is 1. The number of hydrogen-bond acceptors (Lipinski definition) is 4. The van der Waals surface area contributed by atoms with Crippen LogP contribution in [0.4, 0.5) is 0 Å². The van der Waals surface area contributed by atoms with Gasteiger partial charge in [-0.05, 0) is 104 Å². The lowest BCUT2D eigenvalue weighted by molar-refractivity contribution is 0.206. The molecular formula is C31H38N2O3. The molecule has 0 radical (unpaired) electrons. The van der Waals surface area contributed by atoms with E-state index in [2.05, 4.69) is 54.5 Å². The number of ether oxygens (including phenoxy) is 1. The molecule has 0 amide bonds. The molecule has 0 saturated carbocycles. The molecule has 5 nitrogen and oxygen atoms in total. The van der Waals surface area contributed by atoms with Crippen molar-refractivity contribution >= 4 is 10.9 Å². The molecule has 190 valence electrons. The number of nitrogens with zero attached hydrogens (tertiary/aromatic N) is 2. The summed E-state index contributed by atoms with van der Waals surface area (Å²) < 4.78 is 8.34. The monoisotopic (exact) mass is 486 g/mol. The molecule has 0 atom stereocenters. The van der Waals surface area contributed by atoms with Crippen molar-refractivity contribution in [3.05, 3.63) is 77.9 Å². The van der Waals surface area contributed by atoms with Crippen LogP contribution in [-0.4, -0.2) is 45.9 Å². The SMILES string of the molecule is CCCCN(CCC)CCOc1ccc(Cn2c(-c3ccc(O)cc3)c(C)c3cc(O)ccc32)cc1. The highest BCUT2D eigenvalue weighted by atomic mass is 16.5. The van der Waals surface area contributed by atoms with E-state index in [1.54, 1.807) is 18.2 Å². The van der Waals surface area contributed by atoms with E-state index in [0.29, 0.717) is 13.2 Å². The number of aromatic hydroxyl groups is 2. The summed E-state index contributed by atoms with van der Waals surface area (Å²) in [5, 5.41) is 20.9. The van der Waals surface area contributed by atoms with Gasteiger partial charge in [-0.15, -0.1) is 0 Å². The molecule has 0 bridgehead atoms. The Morgan fingerprint density at radius 3 is 2.22 bits per heavy atom. The van der Waals surface area contributed by atoms with Crippen molar-refractivity contribution in [1.29, 1.82) is 0 Å². The maximum Gasteiger partial charge on any atom is 0.119 e. The van der Waals surface area contributed by atoms with E-state index in [0.717, 1.165) is 59.5 Å². The minimum Gasteiger partial charge on any atom is -0.508 e. The summed E-state index contributed by atoms with van der Waals surface area (Å²) in [5.74, 6) is 1.40. The molecule has 1 aromatic heterocycles. The van der Waals surface area contributed by atoms with Crippen LogP contribution in [0.3, 0.4) is 0 Å². The summed E-state index contributed by atoms with van der Waals surface area (Å²) in [6, 6.07) is 21.2. The molecule has 1 heterocycles. The Labute approximate surface area is 214 Å². The van der Waals surface area contributed by atoms with E-state index >= 15 is 0 Å². The molecule has 0 aliphatic carbocycles. The summed E-state index contributed by atoms with van der Waals surface area (Å²) >= 11 is 0. The molecule has 0 aliphatic heterocycles. The van der Waals surface area contributed by atoms with Crippen LogP contribution < -0.4 is 4.74 Å². The number of hydrogen-bond donors (Lipinski definition) is 2. The van der Waals surface area contributed by atoms with Crippen LogP contribution in [0.1, 0.15) is 44.2 Å². The molecule has 2 N–H and O–H groups in total. The van der Waals surface area contributed by atoms with Crippen LogP contribution in [-0.2, 0) is 6.54 Å². The fourth-order valence-electron chi connectivity index (χ4n) is 4.87. The van der Waals surface area contributed by atoms with E-state index in [-0.39, 0.29) is 11.5 Å². The zero-order valence-electron chi connectivity index (χ0n) is 21.7. The lowest BCUT2D eigenvalue weighted by Crippen LogP contribution is -2.30. The number of benzene rings is 3. The second kappa shape index (κ2) is 12.0. The van der Waals surface area contributed by atoms with Crippen molar-refractivity contribution < 1.29 is 14.9 Å². The van der Waals surface area contributed by atoms with Crippen LogP contribution in [0.15, 0.2) is 66.7 Å². The predicted octanol–water partition coefficient (Wildman–Crippen LogP) is 6.97. The van der Waals surface area contributed by atoms with Crippen molar-refractivity contribution in [1.82, 2.24) is 9.47 Å². The molecular weight excluding hydrogens is 448 g/mol. The van der Waals surface area contributed by atoms with Crippen LogP contribution in [0.2, 0.25) is 0 Å². The maximum atomic E-state index is 10.1. The fourth-order valence-corrected chi connectivity index (χ4v) is 4.87. The van der Waals surface area contributed by atoms with Gasteiger partial charge >= 0.3 is 0 Å². The van der Waals surface area contributed by atoms with Crippen LogP contribution >= 0.6 is 0 Å². The Morgan fingerprint density at radius 1 is 0.806 bits per heavy atom. The van der Waals surface area contributed by atoms with Crippen molar-refractivity contribution in [2.45, 2.75) is 46.6 Å². The molecule has 0 aliphatic rings. The Bertz CT molecular complexity index is 1260. The number of rotatable bonds is 12. The minimum atomic E-state index is 0.246. The first-order valence-corrected chi connectivity index (χ1v) is 13.1. The number of fused-ring (bicyclic) bond motifs is 1. The van der Waals surface area contributed by atoms with Gasteiger partial charge in [0.15, 0.2) is 0 Å². The molecule has 0 unspecified atom stereocenters. The van der Waals surface area contributed by atoms with E-state index in [1.807, 2.05) is 24.3 Å². The molecule has 0 saturated heterocycles. The fraction of sp³-hybridized carbons (Fsp3) is 0.355. The van der Waals surface area contributed by atoms with Gasteiger partial charge in [-0.2, -0.15) is 0 Å². The van der Waals surface area contributed by atoms with E-state index in [4.69, 9.17) is 4.74 Å². The molecule has 3 aromatic carbocycles. The molecule has 36 heavy (non-hydrogen) atoms. The average molecular weight is 487 g/mol. The number of aromatic nitrogens is 1. The van der Waals surface area contributed by atoms with Crippen LogP contribution in [0.25, 0.3) is 22.2 Å². The Kier molecular flexibility index (Phi) is 8.55. The Morgan fingerprint density at radius 2 is 1.53 bits per heavy atom. The van der Waals surface area contributed by atoms with Crippen molar-refractivity contribution in [3.8, 4) is 28.5 Å². The standard InChI is InChI=1S/C31H38N2O3/c1-4-6-18-32(17-5-2)19-20-36-28-14-7-24(8-15-28)22-33-30-16-13-27(35)21-29(30)23(3)31(33)25-9-11-26(34)12-10-25/h7-16,21,34-35H,4-6,17-20,22H2,1-3H3. The highest BCUT2D eigenvalue weighted by Gasteiger charge is 2.17. The summed E-state index contributed by atoms with van der Waals surface area (Å²) in [4.78, 5) is 2.49. The van der Waals surface area contributed by atoms with Gasteiger partial charge < -0.3 is 19.5 Å². The van der Waals surface area contributed by atoms with Gasteiger partial charge in [-0.25, -0.2) is 0 Å². The number of aryl methyl sites for hydroxylation is 1. The summed E-state index contributed by atoms with van der Waals surface area (Å²) in [6.07, 6.45) is 3.61. The summed E-state index contributed by atoms with van der Waals surface area (Å²) in [7, 11) is 0. The number of phenols is 2. The van der Waals surface area contributed by atoms with Crippen molar-refractivity contribution in [2.75, 3.05) is 26.2 Å². The second-order valence-corrected chi connectivity index (χ2v) is 9.50. The van der Waals surface area contributed by atoms with Gasteiger partial charge in [-0.1, -0.05) is 32.4 Å². The van der Waals surface area contributed by atoms with E-state index in [1.165, 1.54) is 18.4 Å². The third-order valence-corrected chi connectivity index (χ3v) is 6.75. The maximum absolute atomic E-state index is 10.1. The molecule has 4 aromatic rings. The zero-order chi connectivity index (χ0) is 25.5. The predicted molar refractivity (Wildman–Crippen MR) is 148 cm³/mol. The first-order chi connectivity index (χ1) is 17.5. The van der Waals surface area contributed by atoms with E-state index < -0.39 is 0 Å². The topological polar surface area (TPSA) is 57.9 Å². The third-order valence-electron chi connectivity index (χ3n) is 6.75. The molecule has 4 rings (SSSR count). The summed E-state index contributed by atoms with van der Waals surface area (Å²) in [5.41, 5.74) is 5.45. The molecule has 0 fully saturated rings. The van der Waals surface area contributed by atoms with E-state index in [9.17, 15) is 10.2 Å². The highest BCUT2D eigenvalue weighted by Crippen LogP contribution is 2.36. The lowest BCUT2D eigenvalue weighted by Gasteiger charge is -2.21. The van der Waals surface area contributed by atoms with Gasteiger partial charge in [0.2, 0.25) is 0 Å². The molecule has 5 heteroatoms. The normalized spacial score (nSPS) is 11.4. The Balaban J connectivity index is 1.52. The van der Waals surface area contributed by atoms with Crippen molar-refractivity contribution in [2.24, 2.45) is 0 Å². The Hall–Kier alpha value is -3.44. The zero-order valence-corrected chi connectivity index (χ0v) is 21.7. The smallest absolute Gasteiger partial charge is 0.119 e. The van der Waals surface area contributed by atoms with Gasteiger partial charge in [0.05, 0.1) is 5.69 Å². The number of phenolic OH excluding ortho intramolecular Hbond substituents is 2. The van der Waals surface area contributed by atoms with Crippen LogP contribution in [0.5, 0.6) is 17.2 Å². The van der Waals surface area contributed by atoms with Gasteiger partial charge in [-0.3, -0.25) is 4.90 Å². The molecule has 0 spiro atoms. The highest BCUT2D eigenvalue weighted by molar-refractivity contribution is 5.92. The largest absolute Gasteiger partial charge is 0.508 e. The van der Waals surface area contributed by atoms with Gasteiger partial charge in [0.25, 0.3) is 0 Å². The first kappa shape index (κ1) is 25.6. The minimum absolute atomic E-state index is 0.246. The summed E-state index contributed by atoms with van der Waals surface area (Å²) in [6.45, 7) is 11.1. The second-order valence-electron chi connectivity index (χ2n) is 9.50. The van der Waals surface area contributed by atoms with Gasteiger partial charge in [0.1, 0.15) is 23.9 Å². The average Bonchev–Trinajstić information content (AvgIpc) is 3.14. The van der Waals surface area contributed by atoms with Gasteiger partial charge in [0, 0.05) is 24.0 Å². The van der Waals surface area contributed by atoms with Crippen LogP contribution in [0, 0.1) is 6.92 Å². The lowest BCUT2D eigenvalue weighted by atomic mass is 10.1. The van der Waals surface area contributed by atoms with Crippen molar-refractivity contribution in [3.63, 3.8) is 0 Å².